The van der Waals surface area contributed by atoms with Gasteiger partial charge >= 0.3 is 11.4 Å². The highest BCUT2D eigenvalue weighted by molar-refractivity contribution is 5.95. The molecule has 0 aliphatic heterocycles. The van der Waals surface area contributed by atoms with Gasteiger partial charge in [-0.05, 0) is 96.0 Å². The molecule has 0 fully saturated rings. The molecule has 5 aromatic rings. The number of aromatic amines is 1. The van der Waals surface area contributed by atoms with Gasteiger partial charge in [0.05, 0.1) is 12.6 Å². The van der Waals surface area contributed by atoms with Gasteiger partial charge in [-0.15, -0.1) is 4.74 Å². The predicted octanol–water partition coefficient (Wildman–Crippen LogP) is 4.93. The van der Waals surface area contributed by atoms with Gasteiger partial charge in [-0.1, -0.05) is 42.5 Å². The third-order valence-electron chi connectivity index (χ3n) is 7.52. The lowest BCUT2D eigenvalue weighted by Crippen LogP contribution is -2.31. The smallest absolute Gasteiger partial charge is 0.440 e. The van der Waals surface area contributed by atoms with E-state index >= 15 is 0 Å². The monoisotopic (exact) mass is 562 g/mol. The quantitative estimate of drug-likeness (QED) is 0.277. The highest BCUT2D eigenvalue weighted by Crippen LogP contribution is 2.29. The normalized spacial score (nSPS) is 14.3. The molecular formula is C33H30N4O5. The molecule has 2 N–H and O–H groups in total. The summed E-state index contributed by atoms with van der Waals surface area (Å²) in [7, 11) is 0. The summed E-state index contributed by atoms with van der Waals surface area (Å²) in [6.45, 7) is 2.53. The molecule has 42 heavy (non-hydrogen) atoms. The minimum atomic E-state index is -0.780. The Morgan fingerprint density at radius 3 is 2.69 bits per heavy atom. The number of carbonyl (C=O) groups is 1. The van der Waals surface area contributed by atoms with Crippen LogP contribution in [-0.4, -0.2) is 20.6 Å². The van der Waals surface area contributed by atoms with Gasteiger partial charge in [0, 0.05) is 17.5 Å². The second-order valence-corrected chi connectivity index (χ2v) is 10.5. The molecule has 3 aromatic carbocycles. The third kappa shape index (κ3) is 5.95. The second-order valence-electron chi connectivity index (χ2n) is 10.5. The number of amides is 1. The number of pyridine rings is 1. The first-order valence-corrected chi connectivity index (χ1v) is 13.9. The molecular weight excluding hydrogens is 532 g/mol. The van der Waals surface area contributed by atoms with Gasteiger partial charge in [0.15, 0.2) is 0 Å². The topological polar surface area (TPSA) is 119 Å². The van der Waals surface area contributed by atoms with E-state index in [0.717, 1.165) is 63.1 Å². The van der Waals surface area contributed by atoms with Crippen LogP contribution in [0.3, 0.4) is 0 Å². The van der Waals surface area contributed by atoms with Gasteiger partial charge in [-0.2, -0.15) is 0 Å². The van der Waals surface area contributed by atoms with E-state index in [0.29, 0.717) is 17.9 Å². The van der Waals surface area contributed by atoms with Crippen LogP contribution in [0.1, 0.15) is 57.2 Å². The third-order valence-corrected chi connectivity index (χ3v) is 7.52. The van der Waals surface area contributed by atoms with Crippen LogP contribution in [0.5, 0.6) is 5.75 Å². The number of aryl methyl sites for hydroxylation is 2. The molecule has 0 bridgehead atoms. The van der Waals surface area contributed by atoms with Crippen molar-refractivity contribution in [3.05, 3.63) is 140 Å². The zero-order chi connectivity index (χ0) is 29.1. The molecule has 9 heteroatoms. The van der Waals surface area contributed by atoms with Crippen LogP contribution >= 0.6 is 0 Å². The van der Waals surface area contributed by atoms with Crippen molar-refractivity contribution in [3.63, 3.8) is 0 Å². The maximum absolute atomic E-state index is 13.1. The maximum Gasteiger partial charge on any atom is 0.440 e. The summed E-state index contributed by atoms with van der Waals surface area (Å²) in [5.74, 6) is -0.183. The molecule has 0 radical (unpaired) electrons. The molecule has 2 aromatic heterocycles. The Bertz CT molecular complexity index is 1850. The Hall–Kier alpha value is -5.18. The van der Waals surface area contributed by atoms with Crippen molar-refractivity contribution in [1.29, 1.82) is 0 Å². The number of nitrogens with one attached hydrogen (secondary N) is 2. The average molecular weight is 563 g/mol. The number of aromatic nitrogens is 3. The van der Waals surface area contributed by atoms with Crippen LogP contribution in [0.25, 0.3) is 11.1 Å². The van der Waals surface area contributed by atoms with E-state index in [4.69, 9.17) is 9.26 Å². The Balaban J connectivity index is 1.10. The summed E-state index contributed by atoms with van der Waals surface area (Å²) in [6.07, 6.45) is 4.68. The molecule has 212 valence electrons. The van der Waals surface area contributed by atoms with Crippen LogP contribution in [0.4, 0.5) is 0 Å². The number of nitrogens with zero attached hydrogens (tertiary/aromatic N) is 2. The van der Waals surface area contributed by atoms with Gasteiger partial charge in [0.1, 0.15) is 12.4 Å². The number of H-pyrrole nitrogens is 1. The zero-order valence-corrected chi connectivity index (χ0v) is 23.1. The molecule has 1 unspecified atom stereocenters. The average Bonchev–Trinajstić information content (AvgIpc) is 3.32. The van der Waals surface area contributed by atoms with Crippen LogP contribution in [-0.2, 0) is 19.6 Å². The first kappa shape index (κ1) is 27.0. The molecule has 0 saturated heterocycles. The molecule has 2 heterocycles. The van der Waals surface area contributed by atoms with Crippen LogP contribution in [0.2, 0.25) is 0 Å². The molecule has 1 aliphatic rings. The lowest BCUT2D eigenvalue weighted by Gasteiger charge is -2.25. The molecule has 0 spiro atoms. The summed E-state index contributed by atoms with van der Waals surface area (Å²) in [5.41, 5.74) is 7.14. The van der Waals surface area contributed by atoms with Crippen molar-refractivity contribution < 1.29 is 14.1 Å². The van der Waals surface area contributed by atoms with Gasteiger partial charge < -0.3 is 14.6 Å². The SMILES string of the molecule is Cc1cc(C(=O)NC2CCCc3ncccc32)ccc1-c1cccc(COc2ccc(Cn3oc(=O)[nH]c3=O)cc2)c1. The maximum atomic E-state index is 13.1. The lowest BCUT2D eigenvalue weighted by atomic mass is 9.91. The Morgan fingerprint density at radius 1 is 1.05 bits per heavy atom. The molecule has 1 amide bonds. The lowest BCUT2D eigenvalue weighted by molar-refractivity contribution is 0.0932. The van der Waals surface area contributed by atoms with E-state index in [1.807, 2.05) is 79.9 Å². The Morgan fingerprint density at radius 2 is 1.90 bits per heavy atom. The fraction of sp³-hybridized carbons (Fsp3) is 0.212. The van der Waals surface area contributed by atoms with Crippen molar-refractivity contribution in [2.75, 3.05) is 0 Å². The van der Waals surface area contributed by atoms with Gasteiger partial charge in [-0.25, -0.2) is 14.6 Å². The Kier molecular flexibility index (Phi) is 7.55. The highest BCUT2D eigenvalue weighted by atomic mass is 16.5. The van der Waals surface area contributed by atoms with E-state index in [1.165, 1.54) is 0 Å². The van der Waals surface area contributed by atoms with E-state index < -0.39 is 11.4 Å². The molecule has 1 atom stereocenters. The number of carbonyl (C=O) groups excluding carboxylic acids is 1. The van der Waals surface area contributed by atoms with Crippen LogP contribution in [0.15, 0.2) is 99.2 Å². The fourth-order valence-corrected chi connectivity index (χ4v) is 5.40. The number of hydrogen-bond acceptors (Lipinski definition) is 6. The molecule has 1 aliphatic carbocycles. The molecule has 0 saturated carbocycles. The van der Waals surface area contributed by atoms with Crippen molar-refractivity contribution in [2.24, 2.45) is 0 Å². The predicted molar refractivity (Wildman–Crippen MR) is 157 cm³/mol. The molecule has 9 nitrogen and oxygen atoms in total. The zero-order valence-electron chi connectivity index (χ0n) is 23.1. The van der Waals surface area contributed by atoms with E-state index in [1.54, 1.807) is 0 Å². The van der Waals surface area contributed by atoms with Crippen molar-refractivity contribution in [1.82, 2.24) is 20.0 Å². The van der Waals surface area contributed by atoms with Gasteiger partial charge in [-0.3, -0.25) is 9.78 Å². The van der Waals surface area contributed by atoms with Crippen LogP contribution in [0, 0.1) is 6.92 Å². The minimum absolute atomic E-state index is 0.0194. The van der Waals surface area contributed by atoms with Crippen molar-refractivity contribution in [2.45, 2.75) is 45.4 Å². The first-order chi connectivity index (χ1) is 20.4. The molecule has 6 rings (SSSR count). The first-order valence-electron chi connectivity index (χ1n) is 13.9. The fourth-order valence-electron chi connectivity index (χ4n) is 5.40. The van der Waals surface area contributed by atoms with Crippen molar-refractivity contribution in [3.8, 4) is 16.9 Å². The number of benzene rings is 3. The van der Waals surface area contributed by atoms with Crippen LogP contribution < -0.4 is 21.5 Å². The van der Waals surface area contributed by atoms with E-state index in [-0.39, 0.29) is 18.5 Å². The summed E-state index contributed by atoms with van der Waals surface area (Å²) in [4.78, 5) is 42.5. The van der Waals surface area contributed by atoms with Gasteiger partial charge in [0.25, 0.3) is 5.91 Å². The number of hydrogen-bond donors (Lipinski definition) is 2. The van der Waals surface area contributed by atoms with E-state index in [9.17, 15) is 14.4 Å². The number of fused-ring (bicyclic) bond motifs is 1. The minimum Gasteiger partial charge on any atom is -0.489 e. The summed E-state index contributed by atoms with van der Waals surface area (Å²) in [6, 6.07) is 25.2. The standard InChI is InChI=1S/C33H30N4O5/c1-21-17-25(31(38)35-30-9-3-8-29-28(30)7-4-16-34-29)12-15-27(21)24-6-2-5-23(18-24)20-41-26-13-10-22(11-14-26)19-37-32(39)36-33(40)42-37/h2,4-7,10-18,30H,3,8-9,19-20H2,1H3,(H,35,38)(H,36,39,40). The summed E-state index contributed by atoms with van der Waals surface area (Å²) >= 11 is 0. The highest BCUT2D eigenvalue weighted by Gasteiger charge is 2.23. The largest absolute Gasteiger partial charge is 0.489 e. The number of ether oxygens (including phenoxy) is 1. The summed E-state index contributed by atoms with van der Waals surface area (Å²) < 4.78 is 11.8. The number of rotatable bonds is 8. The summed E-state index contributed by atoms with van der Waals surface area (Å²) in [5, 5.41) is 3.21. The van der Waals surface area contributed by atoms with Gasteiger partial charge in [0.2, 0.25) is 0 Å². The Labute approximate surface area is 241 Å². The van der Waals surface area contributed by atoms with Crippen molar-refractivity contribution >= 4 is 5.91 Å². The second kappa shape index (κ2) is 11.7. The van der Waals surface area contributed by atoms with E-state index in [2.05, 4.69) is 27.4 Å².